The molecule has 2 aromatic carbocycles. The summed E-state index contributed by atoms with van der Waals surface area (Å²) in [5.74, 6) is 0.445. The minimum atomic E-state index is -0.244. The van der Waals surface area contributed by atoms with Crippen LogP contribution in [0.1, 0.15) is 17.5 Å². The fourth-order valence-electron chi connectivity index (χ4n) is 2.39. The first-order valence-electron chi connectivity index (χ1n) is 6.56. The maximum Gasteiger partial charge on any atom is 0.123 e. The molecule has 1 N–H and O–H groups in total. The van der Waals surface area contributed by atoms with E-state index in [4.69, 9.17) is 4.74 Å². The summed E-state index contributed by atoms with van der Waals surface area (Å²) in [7, 11) is 0. The van der Waals surface area contributed by atoms with Crippen LogP contribution in [0.25, 0.3) is 0 Å². The summed E-state index contributed by atoms with van der Waals surface area (Å²) in [6.45, 7) is 1.52. The molecule has 1 aliphatic rings. The molecule has 3 rings (SSSR count). The number of anilines is 1. The van der Waals surface area contributed by atoms with Crippen LogP contribution >= 0.6 is 0 Å². The number of rotatable bonds is 3. The molecular weight excluding hydrogens is 241 g/mol. The first-order valence-corrected chi connectivity index (χ1v) is 6.56. The maximum atomic E-state index is 12.8. The second-order valence-electron chi connectivity index (χ2n) is 4.72. The smallest absolute Gasteiger partial charge is 0.123 e. The molecule has 0 atom stereocenters. The predicted molar refractivity (Wildman–Crippen MR) is 74.0 cm³/mol. The lowest BCUT2D eigenvalue weighted by molar-refractivity contribution is 0.306. The van der Waals surface area contributed by atoms with Gasteiger partial charge in [-0.25, -0.2) is 4.39 Å². The van der Waals surface area contributed by atoms with E-state index in [9.17, 15) is 4.39 Å². The molecule has 0 spiro atoms. The third-order valence-corrected chi connectivity index (χ3v) is 3.37. The van der Waals surface area contributed by atoms with Crippen molar-refractivity contribution in [1.82, 2.24) is 0 Å². The molecule has 0 aliphatic carbocycles. The zero-order chi connectivity index (χ0) is 13.1. The highest BCUT2D eigenvalue weighted by molar-refractivity contribution is 5.59. The third kappa shape index (κ3) is 2.70. The molecule has 0 saturated carbocycles. The topological polar surface area (TPSA) is 21.3 Å². The van der Waals surface area contributed by atoms with Crippen molar-refractivity contribution in [3.63, 3.8) is 0 Å². The minimum Gasteiger partial charge on any atom is -0.489 e. The molecule has 19 heavy (non-hydrogen) atoms. The van der Waals surface area contributed by atoms with Gasteiger partial charge >= 0.3 is 0 Å². The standard InChI is InChI=1S/C16H16FNO/c17-14-6-8-15(9-7-14)19-11-13-4-1-3-12-5-2-10-18-16(12)13/h1,3-4,6-9,18H,2,5,10-11H2. The van der Waals surface area contributed by atoms with Gasteiger partial charge in [-0.1, -0.05) is 18.2 Å². The van der Waals surface area contributed by atoms with Crippen LogP contribution in [0.3, 0.4) is 0 Å². The van der Waals surface area contributed by atoms with Gasteiger partial charge in [-0.05, 0) is 42.7 Å². The van der Waals surface area contributed by atoms with Gasteiger partial charge in [-0.15, -0.1) is 0 Å². The van der Waals surface area contributed by atoms with Crippen LogP contribution in [0.5, 0.6) is 5.75 Å². The lowest BCUT2D eigenvalue weighted by Gasteiger charge is -2.21. The fourth-order valence-corrected chi connectivity index (χ4v) is 2.39. The van der Waals surface area contributed by atoms with Gasteiger partial charge in [0.1, 0.15) is 18.2 Å². The number of aryl methyl sites for hydroxylation is 1. The molecule has 1 aliphatic heterocycles. The average Bonchev–Trinajstić information content (AvgIpc) is 2.47. The van der Waals surface area contributed by atoms with E-state index in [0.717, 1.165) is 18.5 Å². The Bertz CT molecular complexity index is 565. The van der Waals surface area contributed by atoms with Crippen LogP contribution in [-0.2, 0) is 13.0 Å². The van der Waals surface area contributed by atoms with E-state index in [-0.39, 0.29) is 5.82 Å². The summed E-state index contributed by atoms with van der Waals surface area (Å²) in [5.41, 5.74) is 3.71. The van der Waals surface area contributed by atoms with Gasteiger partial charge in [0.2, 0.25) is 0 Å². The highest BCUT2D eigenvalue weighted by Crippen LogP contribution is 2.27. The Kier molecular flexibility index (Phi) is 3.36. The van der Waals surface area contributed by atoms with Crippen LogP contribution in [0.15, 0.2) is 42.5 Å². The molecular formula is C16H16FNO. The van der Waals surface area contributed by atoms with Crippen molar-refractivity contribution in [2.75, 3.05) is 11.9 Å². The van der Waals surface area contributed by atoms with E-state index in [1.807, 2.05) is 0 Å². The molecule has 0 aromatic heterocycles. The van der Waals surface area contributed by atoms with E-state index in [0.29, 0.717) is 12.4 Å². The van der Waals surface area contributed by atoms with Crippen molar-refractivity contribution in [2.45, 2.75) is 19.4 Å². The largest absolute Gasteiger partial charge is 0.489 e. The van der Waals surface area contributed by atoms with Crippen molar-refractivity contribution in [3.05, 3.63) is 59.4 Å². The van der Waals surface area contributed by atoms with E-state index in [1.54, 1.807) is 12.1 Å². The van der Waals surface area contributed by atoms with E-state index in [1.165, 1.54) is 29.8 Å². The summed E-state index contributed by atoms with van der Waals surface area (Å²) in [6, 6.07) is 12.4. The maximum absolute atomic E-state index is 12.8. The van der Waals surface area contributed by atoms with Gasteiger partial charge in [0.15, 0.2) is 0 Å². The zero-order valence-electron chi connectivity index (χ0n) is 10.7. The van der Waals surface area contributed by atoms with Gasteiger partial charge in [-0.2, -0.15) is 0 Å². The van der Waals surface area contributed by atoms with E-state index >= 15 is 0 Å². The first-order chi connectivity index (χ1) is 9.33. The van der Waals surface area contributed by atoms with Gasteiger partial charge in [0.05, 0.1) is 0 Å². The Morgan fingerprint density at radius 3 is 2.79 bits per heavy atom. The predicted octanol–water partition coefficient (Wildman–Crippen LogP) is 3.76. The van der Waals surface area contributed by atoms with Crippen LogP contribution in [0, 0.1) is 5.82 Å². The van der Waals surface area contributed by atoms with Crippen LogP contribution < -0.4 is 10.1 Å². The number of para-hydroxylation sites is 1. The molecule has 0 fully saturated rings. The van der Waals surface area contributed by atoms with Gasteiger partial charge in [-0.3, -0.25) is 0 Å². The summed E-state index contributed by atoms with van der Waals surface area (Å²) in [4.78, 5) is 0. The number of hydrogen-bond acceptors (Lipinski definition) is 2. The van der Waals surface area contributed by atoms with Crippen molar-refractivity contribution < 1.29 is 9.13 Å². The summed E-state index contributed by atoms with van der Waals surface area (Å²) in [5, 5.41) is 3.44. The highest BCUT2D eigenvalue weighted by Gasteiger charge is 2.12. The Morgan fingerprint density at radius 2 is 1.95 bits per heavy atom. The van der Waals surface area contributed by atoms with Gasteiger partial charge in [0.25, 0.3) is 0 Å². The molecule has 2 aromatic rings. The Balaban J connectivity index is 1.75. The normalized spacial score (nSPS) is 13.5. The van der Waals surface area contributed by atoms with Crippen LogP contribution in [0.2, 0.25) is 0 Å². The monoisotopic (exact) mass is 257 g/mol. The van der Waals surface area contributed by atoms with Crippen LogP contribution in [-0.4, -0.2) is 6.54 Å². The molecule has 3 heteroatoms. The average molecular weight is 257 g/mol. The van der Waals surface area contributed by atoms with E-state index < -0.39 is 0 Å². The summed E-state index contributed by atoms with van der Waals surface area (Å²) >= 11 is 0. The third-order valence-electron chi connectivity index (χ3n) is 3.37. The number of hydrogen-bond donors (Lipinski definition) is 1. The zero-order valence-corrected chi connectivity index (χ0v) is 10.7. The first kappa shape index (κ1) is 12.0. The molecule has 0 amide bonds. The summed E-state index contributed by atoms with van der Waals surface area (Å²) < 4.78 is 18.5. The van der Waals surface area contributed by atoms with Crippen molar-refractivity contribution >= 4 is 5.69 Å². The summed E-state index contributed by atoms with van der Waals surface area (Å²) in [6.07, 6.45) is 2.29. The molecule has 0 unspecified atom stereocenters. The Morgan fingerprint density at radius 1 is 1.11 bits per heavy atom. The number of fused-ring (bicyclic) bond motifs is 1. The second kappa shape index (κ2) is 5.31. The lowest BCUT2D eigenvalue weighted by Crippen LogP contribution is -2.14. The van der Waals surface area contributed by atoms with Crippen molar-refractivity contribution in [2.24, 2.45) is 0 Å². The Labute approximate surface area is 112 Å². The van der Waals surface area contributed by atoms with Gasteiger partial charge < -0.3 is 10.1 Å². The number of halogens is 1. The van der Waals surface area contributed by atoms with Crippen molar-refractivity contribution in [1.29, 1.82) is 0 Å². The minimum absolute atomic E-state index is 0.244. The fraction of sp³-hybridized carbons (Fsp3) is 0.250. The van der Waals surface area contributed by atoms with Gasteiger partial charge in [0, 0.05) is 17.8 Å². The molecule has 0 radical (unpaired) electrons. The van der Waals surface area contributed by atoms with E-state index in [2.05, 4.69) is 23.5 Å². The molecule has 98 valence electrons. The second-order valence-corrected chi connectivity index (χ2v) is 4.72. The molecule has 1 heterocycles. The van der Waals surface area contributed by atoms with Crippen LogP contribution in [0.4, 0.5) is 10.1 Å². The lowest BCUT2D eigenvalue weighted by atomic mass is 10.00. The highest BCUT2D eigenvalue weighted by atomic mass is 19.1. The van der Waals surface area contributed by atoms with Crippen molar-refractivity contribution in [3.8, 4) is 5.75 Å². The molecule has 2 nitrogen and oxygen atoms in total. The molecule has 0 bridgehead atoms. The number of nitrogens with one attached hydrogen (secondary N) is 1. The number of benzene rings is 2. The Hall–Kier alpha value is -2.03. The quantitative estimate of drug-likeness (QED) is 0.904. The number of ether oxygens (including phenoxy) is 1. The molecule has 0 saturated heterocycles. The SMILES string of the molecule is Fc1ccc(OCc2cccc3c2NCCC3)cc1.